The molecule has 1 fully saturated rings. The molecular weight excluding hydrogens is 236 g/mol. The third-order valence-electron chi connectivity index (χ3n) is 3.85. The number of hydrogen-bond donors (Lipinski definition) is 1. The van der Waals surface area contributed by atoms with Crippen molar-refractivity contribution in [1.82, 2.24) is 10.2 Å². The molecule has 0 bridgehead atoms. The van der Waals surface area contributed by atoms with Crippen LogP contribution < -0.4 is 5.32 Å². The summed E-state index contributed by atoms with van der Waals surface area (Å²) >= 11 is 0. The molecule has 0 spiro atoms. The summed E-state index contributed by atoms with van der Waals surface area (Å²) in [6.45, 7) is 14.4. The lowest BCUT2D eigenvalue weighted by atomic mass is 10.1. The first-order valence-corrected chi connectivity index (χ1v) is 8.10. The first-order valence-electron chi connectivity index (χ1n) is 8.10. The van der Waals surface area contributed by atoms with Gasteiger partial charge in [-0.3, -0.25) is 4.90 Å². The molecule has 0 amide bonds. The molecule has 19 heavy (non-hydrogen) atoms. The third-order valence-corrected chi connectivity index (χ3v) is 3.85. The van der Waals surface area contributed by atoms with Crippen LogP contribution in [-0.4, -0.2) is 49.3 Å². The van der Waals surface area contributed by atoms with Gasteiger partial charge < -0.3 is 10.1 Å². The lowest BCUT2D eigenvalue weighted by molar-refractivity contribution is -0.00917. The fraction of sp³-hybridized carbons (Fsp3) is 1.00. The van der Waals surface area contributed by atoms with Crippen molar-refractivity contribution in [2.45, 2.75) is 71.4 Å². The second kappa shape index (κ2) is 8.93. The number of nitrogens with zero attached hydrogens (tertiary/aromatic N) is 1. The van der Waals surface area contributed by atoms with Crippen LogP contribution in [0.3, 0.4) is 0 Å². The van der Waals surface area contributed by atoms with Crippen molar-refractivity contribution in [2.75, 3.05) is 32.8 Å². The zero-order chi connectivity index (χ0) is 14.1. The van der Waals surface area contributed by atoms with Crippen molar-refractivity contribution in [3.05, 3.63) is 0 Å². The Morgan fingerprint density at radius 1 is 1.16 bits per heavy atom. The number of hydrogen-bond acceptors (Lipinski definition) is 3. The van der Waals surface area contributed by atoms with E-state index in [4.69, 9.17) is 4.74 Å². The normalized spacial score (nSPS) is 21.8. The lowest BCUT2D eigenvalue weighted by Crippen LogP contribution is -2.45. The quantitative estimate of drug-likeness (QED) is 0.686. The second-order valence-electron chi connectivity index (χ2n) is 6.76. The summed E-state index contributed by atoms with van der Waals surface area (Å²) in [6, 6.07) is 0.663. The summed E-state index contributed by atoms with van der Waals surface area (Å²) < 4.78 is 5.54. The van der Waals surface area contributed by atoms with Gasteiger partial charge in [0.25, 0.3) is 0 Å². The van der Waals surface area contributed by atoms with Crippen molar-refractivity contribution in [1.29, 1.82) is 0 Å². The van der Waals surface area contributed by atoms with E-state index in [-0.39, 0.29) is 5.54 Å². The van der Waals surface area contributed by atoms with Crippen molar-refractivity contribution in [3.63, 3.8) is 0 Å². The second-order valence-corrected chi connectivity index (χ2v) is 6.76. The molecule has 1 atom stereocenters. The maximum atomic E-state index is 5.54. The summed E-state index contributed by atoms with van der Waals surface area (Å²) in [5.41, 5.74) is 0.266. The Hall–Kier alpha value is -0.120. The van der Waals surface area contributed by atoms with E-state index in [0.717, 1.165) is 26.3 Å². The van der Waals surface area contributed by atoms with Crippen molar-refractivity contribution in [2.24, 2.45) is 0 Å². The van der Waals surface area contributed by atoms with E-state index in [0.29, 0.717) is 6.04 Å². The van der Waals surface area contributed by atoms with Gasteiger partial charge in [-0.2, -0.15) is 0 Å². The first kappa shape index (κ1) is 16.9. The monoisotopic (exact) mass is 270 g/mol. The third kappa shape index (κ3) is 7.91. The maximum Gasteiger partial charge on any atom is 0.0622 e. The van der Waals surface area contributed by atoms with E-state index < -0.39 is 0 Å². The minimum atomic E-state index is 0.266. The van der Waals surface area contributed by atoms with Crippen LogP contribution in [0.25, 0.3) is 0 Å². The standard InChI is InChI=1S/C16H34N2O/c1-5-15-14-19-13-12-18(15)11-9-7-6-8-10-17-16(2,3)4/h15,17H,5-14H2,1-4H3. The van der Waals surface area contributed by atoms with Crippen LogP contribution in [0.4, 0.5) is 0 Å². The van der Waals surface area contributed by atoms with E-state index in [1.54, 1.807) is 0 Å². The van der Waals surface area contributed by atoms with Gasteiger partial charge in [0.15, 0.2) is 0 Å². The van der Waals surface area contributed by atoms with Crippen LogP contribution >= 0.6 is 0 Å². The highest BCUT2D eigenvalue weighted by Crippen LogP contribution is 2.12. The molecule has 1 N–H and O–H groups in total. The lowest BCUT2D eigenvalue weighted by Gasteiger charge is -2.35. The predicted octanol–water partition coefficient (Wildman–Crippen LogP) is 3.05. The van der Waals surface area contributed by atoms with Gasteiger partial charge in [0.05, 0.1) is 13.2 Å². The van der Waals surface area contributed by atoms with E-state index in [2.05, 4.69) is 37.9 Å². The Morgan fingerprint density at radius 2 is 1.89 bits per heavy atom. The Bertz CT molecular complexity index is 225. The average Bonchev–Trinajstić information content (AvgIpc) is 2.37. The molecule has 1 saturated heterocycles. The van der Waals surface area contributed by atoms with Crippen molar-refractivity contribution >= 4 is 0 Å². The fourth-order valence-corrected chi connectivity index (χ4v) is 2.62. The molecule has 3 heteroatoms. The highest BCUT2D eigenvalue weighted by molar-refractivity contribution is 4.74. The number of morpholine rings is 1. The highest BCUT2D eigenvalue weighted by Gasteiger charge is 2.20. The fourth-order valence-electron chi connectivity index (χ4n) is 2.62. The molecule has 0 aromatic rings. The van der Waals surface area contributed by atoms with Gasteiger partial charge in [0, 0.05) is 18.1 Å². The van der Waals surface area contributed by atoms with Gasteiger partial charge in [0.1, 0.15) is 0 Å². The molecule has 0 aromatic heterocycles. The Morgan fingerprint density at radius 3 is 2.58 bits per heavy atom. The molecule has 0 radical (unpaired) electrons. The number of rotatable bonds is 8. The topological polar surface area (TPSA) is 24.5 Å². The zero-order valence-corrected chi connectivity index (χ0v) is 13.5. The van der Waals surface area contributed by atoms with Crippen LogP contribution in [0.5, 0.6) is 0 Å². The minimum absolute atomic E-state index is 0.266. The predicted molar refractivity (Wildman–Crippen MR) is 82.7 cm³/mol. The molecule has 0 aromatic carbocycles. The van der Waals surface area contributed by atoms with E-state index in [1.807, 2.05) is 0 Å². The molecular formula is C16H34N2O. The number of nitrogens with one attached hydrogen (secondary N) is 1. The highest BCUT2D eigenvalue weighted by atomic mass is 16.5. The van der Waals surface area contributed by atoms with Crippen LogP contribution in [0.15, 0.2) is 0 Å². The van der Waals surface area contributed by atoms with Gasteiger partial charge in [-0.05, 0) is 53.1 Å². The summed E-state index contributed by atoms with van der Waals surface area (Å²) in [7, 11) is 0. The van der Waals surface area contributed by atoms with Crippen LogP contribution in [-0.2, 0) is 4.74 Å². The van der Waals surface area contributed by atoms with Crippen LogP contribution in [0.1, 0.15) is 59.8 Å². The van der Waals surface area contributed by atoms with Gasteiger partial charge in [-0.15, -0.1) is 0 Å². The molecule has 1 aliphatic rings. The molecule has 0 saturated carbocycles. The maximum absolute atomic E-state index is 5.54. The minimum Gasteiger partial charge on any atom is -0.378 e. The SMILES string of the molecule is CCC1COCCN1CCCCCCNC(C)(C)C. The van der Waals surface area contributed by atoms with Gasteiger partial charge in [0.2, 0.25) is 0 Å². The number of unbranched alkanes of at least 4 members (excludes halogenated alkanes) is 3. The summed E-state index contributed by atoms with van der Waals surface area (Å²) in [6.07, 6.45) is 6.57. The van der Waals surface area contributed by atoms with E-state index in [1.165, 1.54) is 38.6 Å². The molecule has 114 valence electrons. The molecule has 1 heterocycles. The molecule has 1 unspecified atom stereocenters. The van der Waals surface area contributed by atoms with E-state index in [9.17, 15) is 0 Å². The number of ether oxygens (including phenoxy) is 1. The Balaban J connectivity index is 1.98. The summed E-state index contributed by atoms with van der Waals surface area (Å²) in [4.78, 5) is 2.62. The zero-order valence-electron chi connectivity index (χ0n) is 13.5. The Labute approximate surface area is 120 Å². The molecule has 1 rings (SSSR count). The summed E-state index contributed by atoms with van der Waals surface area (Å²) in [5, 5.41) is 3.55. The molecule has 3 nitrogen and oxygen atoms in total. The van der Waals surface area contributed by atoms with Gasteiger partial charge >= 0.3 is 0 Å². The van der Waals surface area contributed by atoms with Crippen molar-refractivity contribution < 1.29 is 4.74 Å². The molecule has 0 aliphatic carbocycles. The molecule has 1 aliphatic heterocycles. The summed E-state index contributed by atoms with van der Waals surface area (Å²) in [5.74, 6) is 0. The van der Waals surface area contributed by atoms with Gasteiger partial charge in [-0.1, -0.05) is 19.8 Å². The first-order chi connectivity index (χ1) is 9.03. The smallest absolute Gasteiger partial charge is 0.0622 e. The van der Waals surface area contributed by atoms with Crippen LogP contribution in [0, 0.1) is 0 Å². The van der Waals surface area contributed by atoms with E-state index >= 15 is 0 Å². The largest absolute Gasteiger partial charge is 0.378 e. The Kier molecular flexibility index (Phi) is 7.96. The average molecular weight is 270 g/mol. The van der Waals surface area contributed by atoms with Gasteiger partial charge in [-0.25, -0.2) is 0 Å². The van der Waals surface area contributed by atoms with Crippen molar-refractivity contribution in [3.8, 4) is 0 Å². The van der Waals surface area contributed by atoms with Crippen LogP contribution in [0.2, 0.25) is 0 Å².